The van der Waals surface area contributed by atoms with Gasteiger partial charge in [-0.2, -0.15) is 0 Å². The summed E-state index contributed by atoms with van der Waals surface area (Å²) in [4.78, 5) is 11.8. The van der Waals surface area contributed by atoms with Gasteiger partial charge in [-0.25, -0.2) is 0 Å². The van der Waals surface area contributed by atoms with E-state index in [9.17, 15) is 4.79 Å². The first-order valence-electron chi connectivity index (χ1n) is 5.58. The van der Waals surface area contributed by atoms with Crippen molar-refractivity contribution in [1.29, 1.82) is 0 Å². The van der Waals surface area contributed by atoms with Gasteiger partial charge in [-0.15, -0.1) is 0 Å². The molecule has 1 aliphatic heterocycles. The van der Waals surface area contributed by atoms with E-state index in [1.54, 1.807) is 0 Å². The molecule has 15 heavy (non-hydrogen) atoms. The number of hydrogen-bond donors (Lipinski definition) is 1. The van der Waals surface area contributed by atoms with E-state index in [0.29, 0.717) is 19.1 Å². The first-order chi connectivity index (χ1) is 7.24. The molecule has 4 heteroatoms. The summed E-state index contributed by atoms with van der Waals surface area (Å²) in [5.74, 6) is 0.484. The van der Waals surface area contributed by atoms with Crippen molar-refractivity contribution in [1.82, 2.24) is 5.32 Å². The number of carbonyl (C=O) groups is 1. The predicted octanol–water partition coefficient (Wildman–Crippen LogP) is 0.564. The first kappa shape index (κ1) is 10.9. The van der Waals surface area contributed by atoms with E-state index in [0.717, 1.165) is 0 Å². The Balaban J connectivity index is 2.11. The second kappa shape index (κ2) is 4.10. The summed E-state index contributed by atoms with van der Waals surface area (Å²) in [5.41, 5.74) is -0.422. The monoisotopic (exact) mass is 213 g/mol. The summed E-state index contributed by atoms with van der Waals surface area (Å²) < 4.78 is 10.1. The molecule has 2 rings (SSSR count). The van der Waals surface area contributed by atoms with Crippen LogP contribution in [-0.4, -0.2) is 39.4 Å². The number of carbonyl (C=O) groups excluding carboxylic acids is 1. The van der Waals surface area contributed by atoms with Gasteiger partial charge in [0.1, 0.15) is 5.41 Å². The van der Waals surface area contributed by atoms with Gasteiger partial charge < -0.3 is 14.8 Å². The van der Waals surface area contributed by atoms with Gasteiger partial charge in [-0.3, -0.25) is 4.79 Å². The normalized spacial score (nSPS) is 26.3. The average molecular weight is 213 g/mol. The van der Waals surface area contributed by atoms with Crippen LogP contribution in [0.25, 0.3) is 0 Å². The van der Waals surface area contributed by atoms with Crippen molar-refractivity contribution in [2.45, 2.75) is 25.3 Å². The van der Waals surface area contributed by atoms with Gasteiger partial charge in [-0.05, 0) is 25.8 Å². The van der Waals surface area contributed by atoms with Crippen LogP contribution in [0.2, 0.25) is 0 Å². The molecule has 0 radical (unpaired) electrons. The molecule has 1 aliphatic carbocycles. The van der Waals surface area contributed by atoms with Crippen LogP contribution in [-0.2, 0) is 14.3 Å². The molecular formula is C11H19NO3. The third kappa shape index (κ3) is 1.56. The molecule has 1 N–H and O–H groups in total. The van der Waals surface area contributed by atoms with Crippen LogP contribution >= 0.6 is 0 Å². The van der Waals surface area contributed by atoms with Crippen molar-refractivity contribution in [3.05, 3.63) is 0 Å². The van der Waals surface area contributed by atoms with E-state index < -0.39 is 5.41 Å². The molecule has 1 atom stereocenters. The molecule has 2 fully saturated rings. The van der Waals surface area contributed by atoms with E-state index in [2.05, 4.69) is 5.32 Å². The highest BCUT2D eigenvalue weighted by molar-refractivity contribution is 5.79. The Bertz CT molecular complexity index is 246. The molecule has 0 aromatic rings. The summed E-state index contributed by atoms with van der Waals surface area (Å²) in [6, 6.07) is 0.215. The molecule has 0 spiro atoms. The average Bonchev–Trinajstić information content (AvgIpc) is 2.11. The van der Waals surface area contributed by atoms with Crippen LogP contribution in [0.4, 0.5) is 0 Å². The van der Waals surface area contributed by atoms with Crippen molar-refractivity contribution in [3.63, 3.8) is 0 Å². The lowest BCUT2D eigenvalue weighted by molar-refractivity contribution is -0.194. The number of nitrogens with one attached hydrogen (secondary N) is 1. The van der Waals surface area contributed by atoms with Crippen molar-refractivity contribution in [2.75, 3.05) is 27.4 Å². The second-order valence-corrected chi connectivity index (χ2v) is 4.60. The summed E-state index contributed by atoms with van der Waals surface area (Å²) >= 11 is 0. The molecule has 1 saturated carbocycles. The fraction of sp³-hybridized carbons (Fsp3) is 0.909. The summed E-state index contributed by atoms with van der Waals surface area (Å²) in [5, 5.41) is 3.28. The molecule has 4 nitrogen and oxygen atoms in total. The van der Waals surface area contributed by atoms with E-state index >= 15 is 0 Å². The topological polar surface area (TPSA) is 47.6 Å². The molecule has 86 valence electrons. The maximum Gasteiger partial charge on any atom is 0.318 e. The zero-order valence-corrected chi connectivity index (χ0v) is 9.41. The highest BCUT2D eigenvalue weighted by Gasteiger charge is 2.55. The largest absolute Gasteiger partial charge is 0.468 e. The summed E-state index contributed by atoms with van der Waals surface area (Å²) in [7, 11) is 3.38. The van der Waals surface area contributed by atoms with Crippen LogP contribution in [0, 0.1) is 11.3 Å². The van der Waals surface area contributed by atoms with Gasteiger partial charge in [0.05, 0.1) is 20.3 Å². The number of rotatable bonds is 4. The van der Waals surface area contributed by atoms with Crippen molar-refractivity contribution in [2.24, 2.45) is 11.3 Å². The molecule has 2 aliphatic rings. The maximum absolute atomic E-state index is 11.8. The fourth-order valence-corrected chi connectivity index (χ4v) is 2.69. The molecule has 0 aromatic carbocycles. The smallest absolute Gasteiger partial charge is 0.318 e. The van der Waals surface area contributed by atoms with Crippen molar-refractivity contribution >= 4 is 5.97 Å². The first-order valence-corrected chi connectivity index (χ1v) is 5.58. The standard InChI is InChI=1S/C11H19NO3/c1-12-9(8-4-3-5-8)11(6-15-7-11)10(13)14-2/h8-9,12H,3-7H2,1-2H3. The van der Waals surface area contributed by atoms with Crippen LogP contribution in [0.5, 0.6) is 0 Å². The van der Waals surface area contributed by atoms with Gasteiger partial charge >= 0.3 is 5.97 Å². The van der Waals surface area contributed by atoms with Gasteiger partial charge in [0.2, 0.25) is 0 Å². The minimum atomic E-state index is -0.422. The zero-order chi connectivity index (χ0) is 10.9. The van der Waals surface area contributed by atoms with E-state index in [1.165, 1.54) is 26.4 Å². The Kier molecular flexibility index (Phi) is 2.98. The van der Waals surface area contributed by atoms with Crippen LogP contribution in [0.1, 0.15) is 19.3 Å². The third-order valence-electron chi connectivity index (χ3n) is 3.84. The lowest BCUT2D eigenvalue weighted by Gasteiger charge is -2.49. The molecule has 0 aromatic heterocycles. The minimum absolute atomic E-state index is 0.125. The second-order valence-electron chi connectivity index (χ2n) is 4.60. The molecule has 0 bridgehead atoms. The SMILES string of the molecule is CNC(C1CCC1)C1(C(=O)OC)COC1. The number of methoxy groups -OCH3 is 1. The van der Waals surface area contributed by atoms with Crippen LogP contribution in [0.3, 0.4) is 0 Å². The molecule has 1 heterocycles. The highest BCUT2D eigenvalue weighted by Crippen LogP contribution is 2.42. The number of esters is 1. The van der Waals surface area contributed by atoms with E-state index in [4.69, 9.17) is 9.47 Å². The number of hydrogen-bond acceptors (Lipinski definition) is 4. The Morgan fingerprint density at radius 2 is 2.20 bits per heavy atom. The van der Waals surface area contributed by atoms with Crippen molar-refractivity contribution < 1.29 is 14.3 Å². The summed E-state index contributed by atoms with van der Waals surface area (Å²) in [6.45, 7) is 1.00. The Labute approximate surface area is 90.3 Å². The predicted molar refractivity (Wildman–Crippen MR) is 55.5 cm³/mol. The molecular weight excluding hydrogens is 194 g/mol. The highest BCUT2D eigenvalue weighted by atomic mass is 16.5. The van der Waals surface area contributed by atoms with E-state index in [1.807, 2.05) is 7.05 Å². The maximum atomic E-state index is 11.8. The fourth-order valence-electron chi connectivity index (χ4n) is 2.69. The molecule has 0 amide bonds. The Hall–Kier alpha value is -0.610. The Morgan fingerprint density at radius 1 is 1.53 bits per heavy atom. The minimum Gasteiger partial charge on any atom is -0.468 e. The number of ether oxygens (including phenoxy) is 2. The zero-order valence-electron chi connectivity index (χ0n) is 9.41. The lowest BCUT2D eigenvalue weighted by atomic mass is 9.66. The molecule has 1 saturated heterocycles. The van der Waals surface area contributed by atoms with E-state index in [-0.39, 0.29) is 12.0 Å². The van der Waals surface area contributed by atoms with Gasteiger partial charge in [0.15, 0.2) is 0 Å². The summed E-state index contributed by atoms with van der Waals surface area (Å²) in [6.07, 6.45) is 3.70. The van der Waals surface area contributed by atoms with Crippen LogP contribution in [0.15, 0.2) is 0 Å². The van der Waals surface area contributed by atoms with Gasteiger partial charge in [0, 0.05) is 6.04 Å². The Morgan fingerprint density at radius 3 is 2.47 bits per heavy atom. The van der Waals surface area contributed by atoms with Gasteiger partial charge in [0.25, 0.3) is 0 Å². The lowest BCUT2D eigenvalue weighted by Crippen LogP contribution is -2.64. The third-order valence-corrected chi connectivity index (χ3v) is 3.84. The van der Waals surface area contributed by atoms with Gasteiger partial charge in [-0.1, -0.05) is 6.42 Å². The van der Waals surface area contributed by atoms with Crippen LogP contribution < -0.4 is 5.32 Å². The molecule has 1 unspecified atom stereocenters. The van der Waals surface area contributed by atoms with Crippen molar-refractivity contribution in [3.8, 4) is 0 Å². The quantitative estimate of drug-likeness (QED) is 0.693.